The molecular formula is C13H12ClN5. The number of rotatable bonds is 4. The third kappa shape index (κ3) is 3.12. The van der Waals surface area contributed by atoms with Crippen LogP contribution in [0, 0.1) is 11.3 Å². The molecule has 1 aromatic carbocycles. The van der Waals surface area contributed by atoms with Crippen molar-refractivity contribution in [3.8, 4) is 6.07 Å². The molecule has 0 aliphatic carbocycles. The maximum Gasteiger partial charge on any atom is 0.157 e. The molecule has 0 aliphatic rings. The zero-order valence-electron chi connectivity index (χ0n) is 10.3. The van der Waals surface area contributed by atoms with Crippen molar-refractivity contribution in [3.05, 3.63) is 46.9 Å². The zero-order chi connectivity index (χ0) is 13.7. The second-order valence-electron chi connectivity index (χ2n) is 3.80. The largest absolute Gasteiger partial charge is 0.383 e. The summed E-state index contributed by atoms with van der Waals surface area (Å²) in [5, 5.41) is 15.2. The minimum Gasteiger partial charge on any atom is -0.383 e. The number of hydrogen-bond acceptors (Lipinski definition) is 5. The highest BCUT2D eigenvalue weighted by atomic mass is 35.5. The first-order valence-corrected chi connectivity index (χ1v) is 6.03. The van der Waals surface area contributed by atoms with E-state index in [1.54, 1.807) is 19.2 Å². The summed E-state index contributed by atoms with van der Waals surface area (Å²) in [5.41, 5.74) is 2.36. The summed E-state index contributed by atoms with van der Waals surface area (Å²) < 4.78 is 0. The molecule has 2 rings (SSSR count). The molecule has 0 amide bonds. The molecule has 0 saturated carbocycles. The molecule has 5 nitrogen and oxygen atoms in total. The van der Waals surface area contributed by atoms with Crippen LogP contribution in [-0.2, 0) is 6.54 Å². The normalized spacial score (nSPS) is 9.74. The van der Waals surface area contributed by atoms with E-state index in [4.69, 9.17) is 16.9 Å². The number of nitriles is 1. The molecule has 0 aliphatic heterocycles. The fraction of sp³-hybridized carbons (Fsp3) is 0.154. The molecule has 2 N–H and O–H groups in total. The summed E-state index contributed by atoms with van der Waals surface area (Å²) in [4.78, 5) is 8.04. The van der Waals surface area contributed by atoms with Crippen molar-refractivity contribution in [2.24, 2.45) is 0 Å². The third-order valence-corrected chi connectivity index (χ3v) is 2.88. The number of anilines is 2. The summed E-state index contributed by atoms with van der Waals surface area (Å²) in [6, 6.07) is 9.44. The van der Waals surface area contributed by atoms with Crippen LogP contribution in [0.1, 0.15) is 11.1 Å². The highest BCUT2D eigenvalue weighted by molar-refractivity contribution is 6.32. The Morgan fingerprint density at radius 3 is 2.63 bits per heavy atom. The van der Waals surface area contributed by atoms with Crippen LogP contribution < -0.4 is 10.6 Å². The van der Waals surface area contributed by atoms with Gasteiger partial charge in [0.25, 0.3) is 0 Å². The fourth-order valence-electron chi connectivity index (χ4n) is 1.60. The molecule has 2 aromatic rings. The SMILES string of the molecule is CNc1c(Cl)ncnc1NCc1ccc(C#N)cc1. The molecule has 0 atom stereocenters. The van der Waals surface area contributed by atoms with Gasteiger partial charge in [-0.1, -0.05) is 23.7 Å². The molecule has 0 unspecified atom stereocenters. The molecule has 0 radical (unpaired) electrons. The van der Waals surface area contributed by atoms with Crippen molar-refractivity contribution in [1.29, 1.82) is 5.26 Å². The predicted octanol–water partition coefficient (Wildman–Crippen LogP) is 2.66. The summed E-state index contributed by atoms with van der Waals surface area (Å²) in [5.74, 6) is 0.645. The Balaban J connectivity index is 2.10. The minimum atomic E-state index is 0.375. The van der Waals surface area contributed by atoms with Gasteiger partial charge in [0.15, 0.2) is 11.0 Å². The molecule has 19 heavy (non-hydrogen) atoms. The molecule has 1 heterocycles. The van der Waals surface area contributed by atoms with Crippen molar-refractivity contribution in [2.75, 3.05) is 17.7 Å². The van der Waals surface area contributed by atoms with Crippen molar-refractivity contribution in [1.82, 2.24) is 9.97 Å². The number of hydrogen-bond donors (Lipinski definition) is 2. The van der Waals surface area contributed by atoms with E-state index in [2.05, 4.69) is 26.7 Å². The Morgan fingerprint density at radius 1 is 1.26 bits per heavy atom. The maximum absolute atomic E-state index is 8.73. The number of aromatic nitrogens is 2. The number of nitrogens with zero attached hydrogens (tertiary/aromatic N) is 3. The van der Waals surface area contributed by atoms with Gasteiger partial charge in [-0.15, -0.1) is 0 Å². The average Bonchev–Trinajstić information content (AvgIpc) is 2.45. The lowest BCUT2D eigenvalue weighted by Gasteiger charge is -2.11. The van der Waals surface area contributed by atoms with Gasteiger partial charge in [0.1, 0.15) is 12.0 Å². The van der Waals surface area contributed by atoms with Crippen LogP contribution in [0.25, 0.3) is 0 Å². The highest BCUT2D eigenvalue weighted by Gasteiger charge is 2.07. The summed E-state index contributed by atoms with van der Waals surface area (Å²) in [7, 11) is 1.76. The van der Waals surface area contributed by atoms with Crippen LogP contribution in [0.3, 0.4) is 0 Å². The van der Waals surface area contributed by atoms with Gasteiger partial charge in [0.05, 0.1) is 11.6 Å². The smallest absolute Gasteiger partial charge is 0.157 e. The lowest BCUT2D eigenvalue weighted by molar-refractivity contribution is 1.08. The minimum absolute atomic E-state index is 0.375. The van der Waals surface area contributed by atoms with Gasteiger partial charge in [-0.2, -0.15) is 5.26 Å². The second-order valence-corrected chi connectivity index (χ2v) is 4.16. The molecule has 0 bridgehead atoms. The Labute approximate surface area is 116 Å². The zero-order valence-corrected chi connectivity index (χ0v) is 11.1. The summed E-state index contributed by atoms with van der Waals surface area (Å²) >= 11 is 5.96. The molecule has 6 heteroatoms. The van der Waals surface area contributed by atoms with Gasteiger partial charge in [-0.05, 0) is 17.7 Å². The van der Waals surface area contributed by atoms with Gasteiger partial charge < -0.3 is 10.6 Å². The Hall–Kier alpha value is -2.32. The Kier molecular flexibility index (Phi) is 4.16. The quantitative estimate of drug-likeness (QED) is 0.838. The van der Waals surface area contributed by atoms with Crippen LogP contribution in [0.5, 0.6) is 0 Å². The van der Waals surface area contributed by atoms with E-state index in [1.807, 2.05) is 12.1 Å². The van der Waals surface area contributed by atoms with Crippen LogP contribution in [0.2, 0.25) is 5.15 Å². The van der Waals surface area contributed by atoms with E-state index in [9.17, 15) is 0 Å². The Morgan fingerprint density at radius 2 is 2.00 bits per heavy atom. The standard InChI is InChI=1S/C13H12ClN5/c1-16-11-12(14)18-8-19-13(11)17-7-10-4-2-9(6-15)3-5-10/h2-5,8,16H,7H2,1H3,(H,17,18,19). The molecular weight excluding hydrogens is 262 g/mol. The van der Waals surface area contributed by atoms with Crippen molar-refractivity contribution < 1.29 is 0 Å². The van der Waals surface area contributed by atoms with Crippen molar-refractivity contribution in [3.63, 3.8) is 0 Å². The van der Waals surface area contributed by atoms with Crippen LogP contribution in [0.4, 0.5) is 11.5 Å². The number of nitrogens with one attached hydrogen (secondary N) is 2. The van der Waals surface area contributed by atoms with Gasteiger partial charge in [-0.25, -0.2) is 9.97 Å². The van der Waals surface area contributed by atoms with E-state index in [0.29, 0.717) is 28.8 Å². The highest BCUT2D eigenvalue weighted by Crippen LogP contribution is 2.25. The van der Waals surface area contributed by atoms with Crippen molar-refractivity contribution >= 4 is 23.1 Å². The maximum atomic E-state index is 8.73. The van der Waals surface area contributed by atoms with E-state index in [1.165, 1.54) is 6.33 Å². The first-order valence-electron chi connectivity index (χ1n) is 5.65. The summed E-state index contributed by atoms with van der Waals surface area (Å²) in [6.07, 6.45) is 1.41. The van der Waals surface area contributed by atoms with Crippen molar-refractivity contribution in [2.45, 2.75) is 6.54 Å². The molecule has 0 spiro atoms. The van der Waals surface area contributed by atoms with Gasteiger partial charge in [0.2, 0.25) is 0 Å². The van der Waals surface area contributed by atoms with Crippen LogP contribution in [-0.4, -0.2) is 17.0 Å². The van der Waals surface area contributed by atoms with Gasteiger partial charge in [0, 0.05) is 13.6 Å². The first-order chi connectivity index (χ1) is 9.24. The van der Waals surface area contributed by atoms with E-state index in [0.717, 1.165) is 5.56 Å². The third-order valence-electron chi connectivity index (χ3n) is 2.59. The van der Waals surface area contributed by atoms with Crippen LogP contribution >= 0.6 is 11.6 Å². The average molecular weight is 274 g/mol. The monoisotopic (exact) mass is 273 g/mol. The van der Waals surface area contributed by atoms with E-state index >= 15 is 0 Å². The van der Waals surface area contributed by atoms with Gasteiger partial charge in [-0.3, -0.25) is 0 Å². The molecule has 0 saturated heterocycles. The summed E-state index contributed by atoms with van der Waals surface area (Å²) in [6.45, 7) is 0.591. The molecule has 0 fully saturated rings. The molecule has 96 valence electrons. The lowest BCUT2D eigenvalue weighted by Crippen LogP contribution is -2.05. The first kappa shape index (κ1) is 13.1. The van der Waals surface area contributed by atoms with E-state index < -0.39 is 0 Å². The fourth-order valence-corrected chi connectivity index (χ4v) is 1.83. The van der Waals surface area contributed by atoms with Gasteiger partial charge >= 0.3 is 0 Å². The number of halogens is 1. The number of benzene rings is 1. The van der Waals surface area contributed by atoms with E-state index in [-0.39, 0.29) is 0 Å². The topological polar surface area (TPSA) is 73.6 Å². The van der Waals surface area contributed by atoms with Crippen LogP contribution in [0.15, 0.2) is 30.6 Å². The second kappa shape index (κ2) is 6.03. The Bertz CT molecular complexity index is 603. The lowest BCUT2D eigenvalue weighted by atomic mass is 10.1. The molecule has 1 aromatic heterocycles. The predicted molar refractivity (Wildman–Crippen MR) is 75.1 cm³/mol.